The van der Waals surface area contributed by atoms with Gasteiger partial charge in [-0.25, -0.2) is 0 Å². The second-order valence-corrected chi connectivity index (χ2v) is 7.87. The maximum Gasteiger partial charge on any atom is 0.0593 e. The zero-order valence-corrected chi connectivity index (χ0v) is 17.1. The van der Waals surface area contributed by atoms with E-state index < -0.39 is 0 Å². The summed E-state index contributed by atoms with van der Waals surface area (Å²) in [5, 5.41) is 9.09. The summed E-state index contributed by atoms with van der Waals surface area (Å²) in [6, 6.07) is 41.6. The molecule has 0 aliphatic carbocycles. The van der Waals surface area contributed by atoms with Crippen molar-refractivity contribution in [1.82, 2.24) is 5.32 Å². The van der Waals surface area contributed by atoms with Gasteiger partial charge in [0.25, 0.3) is 0 Å². The van der Waals surface area contributed by atoms with Gasteiger partial charge in [0.15, 0.2) is 0 Å². The standard InChI is InChI=1S/C29H25N/c1-21(22-11-3-2-4-12-22)30-29(27-19-9-15-23-13-5-7-17-25(23)27)28-20-10-16-24-14-6-8-18-26(24)28/h2-21,29-30H,1H3/t21-/m1/s1. The van der Waals surface area contributed by atoms with E-state index in [9.17, 15) is 0 Å². The summed E-state index contributed by atoms with van der Waals surface area (Å²) >= 11 is 0. The van der Waals surface area contributed by atoms with Crippen molar-refractivity contribution in [3.8, 4) is 0 Å². The lowest BCUT2D eigenvalue weighted by molar-refractivity contribution is 0.521. The summed E-state index contributed by atoms with van der Waals surface area (Å²) in [5.41, 5.74) is 3.92. The number of benzene rings is 5. The molecule has 0 radical (unpaired) electrons. The zero-order chi connectivity index (χ0) is 20.3. The van der Waals surface area contributed by atoms with Gasteiger partial charge in [-0.1, -0.05) is 115 Å². The first-order valence-corrected chi connectivity index (χ1v) is 10.6. The fourth-order valence-corrected chi connectivity index (χ4v) is 4.44. The van der Waals surface area contributed by atoms with Crippen LogP contribution in [-0.2, 0) is 0 Å². The van der Waals surface area contributed by atoms with E-state index >= 15 is 0 Å². The van der Waals surface area contributed by atoms with Gasteiger partial charge in [-0.2, -0.15) is 0 Å². The molecule has 5 aromatic carbocycles. The molecule has 0 amide bonds. The molecule has 1 heteroatoms. The topological polar surface area (TPSA) is 12.0 Å². The van der Waals surface area contributed by atoms with Crippen molar-refractivity contribution in [3.05, 3.63) is 132 Å². The molecular weight excluding hydrogens is 362 g/mol. The minimum absolute atomic E-state index is 0.0809. The van der Waals surface area contributed by atoms with E-state index in [1.54, 1.807) is 0 Å². The van der Waals surface area contributed by atoms with Gasteiger partial charge < -0.3 is 0 Å². The lowest BCUT2D eigenvalue weighted by atomic mass is 9.89. The normalized spacial score (nSPS) is 12.5. The predicted molar refractivity (Wildman–Crippen MR) is 128 cm³/mol. The highest BCUT2D eigenvalue weighted by molar-refractivity contribution is 5.90. The third-order valence-electron chi connectivity index (χ3n) is 5.98. The van der Waals surface area contributed by atoms with Crippen molar-refractivity contribution in [2.45, 2.75) is 19.0 Å². The molecule has 1 N–H and O–H groups in total. The van der Waals surface area contributed by atoms with E-state index in [0.29, 0.717) is 0 Å². The van der Waals surface area contributed by atoms with Crippen molar-refractivity contribution in [2.75, 3.05) is 0 Å². The highest BCUT2D eigenvalue weighted by atomic mass is 14.9. The Bertz CT molecular complexity index is 1200. The van der Waals surface area contributed by atoms with Crippen LogP contribution < -0.4 is 5.32 Å². The van der Waals surface area contributed by atoms with Crippen LogP contribution in [0, 0.1) is 0 Å². The lowest BCUT2D eigenvalue weighted by Crippen LogP contribution is -2.26. The first-order valence-electron chi connectivity index (χ1n) is 10.6. The van der Waals surface area contributed by atoms with Gasteiger partial charge in [-0.15, -0.1) is 0 Å². The number of hydrogen-bond donors (Lipinski definition) is 1. The largest absolute Gasteiger partial charge is 0.300 e. The van der Waals surface area contributed by atoms with Gasteiger partial charge in [-0.05, 0) is 45.2 Å². The van der Waals surface area contributed by atoms with Crippen LogP contribution >= 0.6 is 0 Å². The quantitative estimate of drug-likeness (QED) is 0.330. The molecule has 0 bridgehead atoms. The van der Waals surface area contributed by atoms with Crippen LogP contribution in [-0.4, -0.2) is 0 Å². The Morgan fingerprint density at radius 1 is 0.500 bits per heavy atom. The molecule has 1 nitrogen and oxygen atoms in total. The molecule has 0 aliphatic heterocycles. The molecule has 146 valence electrons. The van der Waals surface area contributed by atoms with Crippen molar-refractivity contribution < 1.29 is 0 Å². The van der Waals surface area contributed by atoms with E-state index in [1.807, 2.05) is 0 Å². The number of rotatable bonds is 5. The minimum Gasteiger partial charge on any atom is -0.300 e. The SMILES string of the molecule is C[C@@H](NC(c1cccc2ccccc12)c1cccc2ccccc12)c1ccccc1. The molecule has 0 saturated heterocycles. The van der Waals surface area contributed by atoms with Gasteiger partial charge in [0.05, 0.1) is 6.04 Å². The van der Waals surface area contributed by atoms with E-state index in [2.05, 4.69) is 128 Å². The summed E-state index contributed by atoms with van der Waals surface area (Å²) in [4.78, 5) is 0. The molecule has 30 heavy (non-hydrogen) atoms. The molecule has 0 aliphatic rings. The fraction of sp³-hybridized carbons (Fsp3) is 0.103. The molecule has 0 aromatic heterocycles. The Morgan fingerprint density at radius 2 is 0.967 bits per heavy atom. The molecule has 1 atom stereocenters. The van der Waals surface area contributed by atoms with Crippen molar-refractivity contribution in [1.29, 1.82) is 0 Å². The van der Waals surface area contributed by atoms with Gasteiger partial charge in [0.2, 0.25) is 0 Å². The van der Waals surface area contributed by atoms with Crippen LogP contribution in [0.1, 0.15) is 35.7 Å². The molecule has 5 rings (SSSR count). The van der Waals surface area contributed by atoms with Crippen molar-refractivity contribution in [2.24, 2.45) is 0 Å². The summed E-state index contributed by atoms with van der Waals surface area (Å²) in [6.07, 6.45) is 0. The molecule has 0 spiro atoms. The molecule has 0 fully saturated rings. The highest BCUT2D eigenvalue weighted by Crippen LogP contribution is 2.34. The van der Waals surface area contributed by atoms with Gasteiger partial charge in [0.1, 0.15) is 0 Å². The first-order chi connectivity index (χ1) is 14.8. The Morgan fingerprint density at radius 3 is 1.53 bits per heavy atom. The average Bonchev–Trinajstić information content (AvgIpc) is 2.82. The molecule has 0 unspecified atom stereocenters. The monoisotopic (exact) mass is 387 g/mol. The molecule has 0 heterocycles. The smallest absolute Gasteiger partial charge is 0.0593 e. The van der Waals surface area contributed by atoms with Crippen LogP contribution in [0.3, 0.4) is 0 Å². The fourth-order valence-electron chi connectivity index (χ4n) is 4.44. The molecular formula is C29H25N. The third-order valence-corrected chi connectivity index (χ3v) is 5.98. The van der Waals surface area contributed by atoms with E-state index in [1.165, 1.54) is 38.2 Å². The van der Waals surface area contributed by atoms with Gasteiger partial charge in [-0.3, -0.25) is 5.32 Å². The average molecular weight is 388 g/mol. The van der Waals surface area contributed by atoms with Crippen LogP contribution in [0.4, 0.5) is 0 Å². The summed E-state index contributed by atoms with van der Waals surface area (Å²) < 4.78 is 0. The van der Waals surface area contributed by atoms with Crippen molar-refractivity contribution >= 4 is 21.5 Å². The Labute approximate surface area is 178 Å². The van der Waals surface area contributed by atoms with E-state index in [-0.39, 0.29) is 12.1 Å². The van der Waals surface area contributed by atoms with Crippen LogP contribution in [0.5, 0.6) is 0 Å². The second kappa shape index (κ2) is 8.14. The summed E-state index contributed by atoms with van der Waals surface area (Å²) in [5.74, 6) is 0. The van der Waals surface area contributed by atoms with E-state index in [0.717, 1.165) is 0 Å². The second-order valence-electron chi connectivity index (χ2n) is 7.87. The number of hydrogen-bond acceptors (Lipinski definition) is 1. The summed E-state index contributed by atoms with van der Waals surface area (Å²) in [6.45, 7) is 2.25. The van der Waals surface area contributed by atoms with Crippen LogP contribution in [0.2, 0.25) is 0 Å². The first kappa shape index (κ1) is 18.6. The minimum atomic E-state index is 0.0809. The predicted octanol–water partition coefficient (Wildman–Crippen LogP) is 7.43. The Kier molecular flexibility index (Phi) is 5.04. The van der Waals surface area contributed by atoms with Gasteiger partial charge in [0, 0.05) is 6.04 Å². The number of fused-ring (bicyclic) bond motifs is 2. The van der Waals surface area contributed by atoms with Crippen LogP contribution in [0.15, 0.2) is 115 Å². The maximum absolute atomic E-state index is 3.95. The number of nitrogens with one attached hydrogen (secondary N) is 1. The third kappa shape index (κ3) is 3.49. The lowest BCUT2D eigenvalue weighted by Gasteiger charge is -2.27. The molecule has 0 saturated carbocycles. The Hall–Kier alpha value is -3.42. The van der Waals surface area contributed by atoms with E-state index in [4.69, 9.17) is 0 Å². The maximum atomic E-state index is 3.95. The Balaban J connectivity index is 1.69. The van der Waals surface area contributed by atoms with Crippen LogP contribution in [0.25, 0.3) is 21.5 Å². The summed E-state index contributed by atoms with van der Waals surface area (Å²) in [7, 11) is 0. The van der Waals surface area contributed by atoms with Gasteiger partial charge >= 0.3 is 0 Å². The zero-order valence-electron chi connectivity index (χ0n) is 17.1. The van der Waals surface area contributed by atoms with Crippen molar-refractivity contribution in [3.63, 3.8) is 0 Å². The molecule has 5 aromatic rings. The highest BCUT2D eigenvalue weighted by Gasteiger charge is 2.21.